The smallest absolute Gasteiger partial charge is 0.0697 e. The van der Waals surface area contributed by atoms with Crippen LogP contribution in [-0.4, -0.2) is 9.78 Å². The summed E-state index contributed by atoms with van der Waals surface area (Å²) in [6, 6.07) is 2.38. The molecule has 0 bridgehead atoms. The van der Waals surface area contributed by atoms with Crippen molar-refractivity contribution in [3.63, 3.8) is 0 Å². The van der Waals surface area contributed by atoms with Crippen molar-refractivity contribution in [3.8, 4) is 6.07 Å². The maximum atomic E-state index is 8.78. The Bertz CT molecular complexity index is 338. The van der Waals surface area contributed by atoms with E-state index in [1.54, 1.807) is 0 Å². The largest absolute Gasteiger partial charge is 0.268 e. The van der Waals surface area contributed by atoms with E-state index in [9.17, 15) is 0 Å². The summed E-state index contributed by atoms with van der Waals surface area (Å²) in [5.41, 5.74) is 1.20. The van der Waals surface area contributed by atoms with Crippen LogP contribution in [0, 0.1) is 23.7 Å². The topological polar surface area (TPSA) is 41.6 Å². The second-order valence-corrected chi connectivity index (χ2v) is 4.74. The number of hydrogen-bond donors (Lipinski definition) is 0. The van der Waals surface area contributed by atoms with E-state index in [-0.39, 0.29) is 11.5 Å². The van der Waals surface area contributed by atoms with Crippen molar-refractivity contribution >= 4 is 0 Å². The Balaban J connectivity index is 2.95. The minimum Gasteiger partial charge on any atom is -0.268 e. The lowest BCUT2D eigenvalue weighted by Crippen LogP contribution is -2.24. The Morgan fingerprint density at radius 2 is 2.21 bits per heavy atom. The predicted octanol–water partition coefficient (Wildman–Crippen LogP) is 2.69. The first-order chi connectivity index (χ1) is 6.45. The number of nitriles is 1. The second-order valence-electron chi connectivity index (χ2n) is 4.74. The van der Waals surface area contributed by atoms with Gasteiger partial charge < -0.3 is 0 Å². The van der Waals surface area contributed by atoms with Gasteiger partial charge in [-0.05, 0) is 17.9 Å². The number of hydrogen-bond acceptors (Lipinski definition) is 2. The van der Waals surface area contributed by atoms with E-state index in [2.05, 4.69) is 31.9 Å². The zero-order valence-corrected chi connectivity index (χ0v) is 9.28. The van der Waals surface area contributed by atoms with E-state index >= 15 is 0 Å². The highest BCUT2D eigenvalue weighted by molar-refractivity contribution is 5.02. The Morgan fingerprint density at radius 3 is 2.57 bits per heavy atom. The minimum atomic E-state index is 0.0637. The lowest BCUT2D eigenvalue weighted by molar-refractivity contribution is 0.228. The SMILES string of the molecule is Cc1cnn(C(CC#N)C(C)(C)C)c1. The summed E-state index contributed by atoms with van der Waals surface area (Å²) in [5.74, 6) is 0. The molecule has 0 amide bonds. The molecule has 0 saturated heterocycles. The molecule has 0 aliphatic carbocycles. The molecule has 0 saturated carbocycles. The van der Waals surface area contributed by atoms with Gasteiger partial charge in [0, 0.05) is 6.20 Å². The van der Waals surface area contributed by atoms with E-state index in [1.807, 2.05) is 24.0 Å². The second kappa shape index (κ2) is 3.83. The average Bonchev–Trinajstić information content (AvgIpc) is 2.45. The Hall–Kier alpha value is -1.30. The van der Waals surface area contributed by atoms with Crippen molar-refractivity contribution in [3.05, 3.63) is 18.0 Å². The maximum absolute atomic E-state index is 8.78. The molecule has 1 aromatic rings. The van der Waals surface area contributed by atoms with Crippen LogP contribution < -0.4 is 0 Å². The number of nitrogens with zero attached hydrogens (tertiary/aromatic N) is 3. The molecule has 3 nitrogen and oxygen atoms in total. The molecule has 1 rings (SSSR count). The summed E-state index contributed by atoms with van der Waals surface area (Å²) in [4.78, 5) is 0. The molecule has 1 heterocycles. The molecule has 0 fully saturated rings. The van der Waals surface area contributed by atoms with Gasteiger partial charge in [0.2, 0.25) is 0 Å². The standard InChI is InChI=1S/C11H17N3/c1-9-7-13-14(8-9)10(5-6-12)11(2,3)4/h7-8,10H,5H2,1-4H3. The molecule has 0 radical (unpaired) electrons. The molecule has 0 spiro atoms. The van der Waals surface area contributed by atoms with Crippen LogP contribution in [0.4, 0.5) is 0 Å². The van der Waals surface area contributed by atoms with Crippen LogP contribution in [0.25, 0.3) is 0 Å². The fourth-order valence-electron chi connectivity index (χ4n) is 1.49. The molecule has 76 valence electrons. The molecule has 3 heteroatoms. The van der Waals surface area contributed by atoms with Crippen molar-refractivity contribution in [2.75, 3.05) is 0 Å². The molecule has 1 aromatic heterocycles. The molecule has 1 atom stereocenters. The summed E-state index contributed by atoms with van der Waals surface area (Å²) in [5, 5.41) is 13.0. The number of aryl methyl sites for hydroxylation is 1. The van der Waals surface area contributed by atoms with Crippen LogP contribution in [0.5, 0.6) is 0 Å². The van der Waals surface area contributed by atoms with E-state index in [0.717, 1.165) is 5.56 Å². The first-order valence-electron chi connectivity index (χ1n) is 4.83. The summed E-state index contributed by atoms with van der Waals surface area (Å²) in [7, 11) is 0. The quantitative estimate of drug-likeness (QED) is 0.721. The molecule has 0 aliphatic heterocycles. The van der Waals surface area contributed by atoms with E-state index in [4.69, 9.17) is 5.26 Å². The third kappa shape index (κ3) is 2.35. The van der Waals surface area contributed by atoms with Gasteiger partial charge in [-0.1, -0.05) is 20.8 Å². The highest BCUT2D eigenvalue weighted by Crippen LogP contribution is 2.32. The number of aromatic nitrogens is 2. The zero-order valence-electron chi connectivity index (χ0n) is 9.28. The van der Waals surface area contributed by atoms with E-state index in [1.165, 1.54) is 0 Å². The van der Waals surface area contributed by atoms with Crippen LogP contribution in [0.2, 0.25) is 0 Å². The third-order valence-corrected chi connectivity index (χ3v) is 2.33. The molecule has 14 heavy (non-hydrogen) atoms. The van der Waals surface area contributed by atoms with Crippen molar-refractivity contribution in [1.82, 2.24) is 9.78 Å². The van der Waals surface area contributed by atoms with Gasteiger partial charge in [0.05, 0.1) is 24.7 Å². The molecular weight excluding hydrogens is 174 g/mol. The van der Waals surface area contributed by atoms with Gasteiger partial charge in [-0.2, -0.15) is 10.4 Å². The van der Waals surface area contributed by atoms with Crippen LogP contribution in [0.3, 0.4) is 0 Å². The summed E-state index contributed by atoms with van der Waals surface area (Å²) in [6.45, 7) is 8.40. The maximum Gasteiger partial charge on any atom is 0.0697 e. The monoisotopic (exact) mass is 191 g/mol. The van der Waals surface area contributed by atoms with Gasteiger partial charge in [-0.15, -0.1) is 0 Å². The summed E-state index contributed by atoms with van der Waals surface area (Å²) in [6.07, 6.45) is 4.33. The van der Waals surface area contributed by atoms with Crippen molar-refractivity contribution in [1.29, 1.82) is 5.26 Å². The predicted molar refractivity (Wildman–Crippen MR) is 55.7 cm³/mol. The minimum absolute atomic E-state index is 0.0637. The van der Waals surface area contributed by atoms with Gasteiger partial charge in [-0.25, -0.2) is 0 Å². The molecule has 0 N–H and O–H groups in total. The molecular formula is C11H17N3. The van der Waals surface area contributed by atoms with Gasteiger partial charge in [0.25, 0.3) is 0 Å². The third-order valence-electron chi connectivity index (χ3n) is 2.33. The normalized spacial score (nSPS) is 13.6. The highest BCUT2D eigenvalue weighted by Gasteiger charge is 2.26. The van der Waals surface area contributed by atoms with E-state index < -0.39 is 0 Å². The average molecular weight is 191 g/mol. The Morgan fingerprint density at radius 1 is 1.57 bits per heavy atom. The molecule has 0 aliphatic rings. The fraction of sp³-hybridized carbons (Fsp3) is 0.636. The van der Waals surface area contributed by atoms with Crippen LogP contribution in [-0.2, 0) is 0 Å². The lowest BCUT2D eigenvalue weighted by Gasteiger charge is -2.28. The van der Waals surface area contributed by atoms with Crippen molar-refractivity contribution in [2.24, 2.45) is 5.41 Å². The number of rotatable bonds is 2. The van der Waals surface area contributed by atoms with Crippen LogP contribution >= 0.6 is 0 Å². The zero-order chi connectivity index (χ0) is 10.8. The Kier molecular flexibility index (Phi) is 2.95. The van der Waals surface area contributed by atoms with Gasteiger partial charge in [0.1, 0.15) is 0 Å². The first-order valence-corrected chi connectivity index (χ1v) is 4.83. The van der Waals surface area contributed by atoms with E-state index in [0.29, 0.717) is 6.42 Å². The van der Waals surface area contributed by atoms with Gasteiger partial charge in [0.15, 0.2) is 0 Å². The lowest BCUT2D eigenvalue weighted by atomic mass is 9.85. The summed E-state index contributed by atoms with van der Waals surface area (Å²) < 4.78 is 1.90. The van der Waals surface area contributed by atoms with Crippen LogP contribution in [0.15, 0.2) is 12.4 Å². The highest BCUT2D eigenvalue weighted by atomic mass is 15.3. The van der Waals surface area contributed by atoms with Crippen LogP contribution in [0.1, 0.15) is 38.8 Å². The van der Waals surface area contributed by atoms with Crippen molar-refractivity contribution < 1.29 is 0 Å². The Labute approximate surface area is 85.4 Å². The fourth-order valence-corrected chi connectivity index (χ4v) is 1.49. The van der Waals surface area contributed by atoms with Gasteiger partial charge >= 0.3 is 0 Å². The molecule has 1 unspecified atom stereocenters. The summed E-state index contributed by atoms with van der Waals surface area (Å²) >= 11 is 0. The first kappa shape index (κ1) is 10.8. The van der Waals surface area contributed by atoms with Gasteiger partial charge in [-0.3, -0.25) is 4.68 Å². The van der Waals surface area contributed by atoms with Crippen molar-refractivity contribution in [2.45, 2.75) is 40.2 Å². The molecule has 0 aromatic carbocycles.